The Morgan fingerprint density at radius 1 is 1.21 bits per heavy atom. The minimum atomic E-state index is 0.338. The lowest BCUT2D eigenvalue weighted by atomic mass is 10.0. The van der Waals surface area contributed by atoms with Crippen molar-refractivity contribution in [2.75, 3.05) is 7.05 Å². The third-order valence-corrected chi connectivity index (χ3v) is 4.50. The molecule has 0 bridgehead atoms. The number of rotatable bonds is 6. The van der Waals surface area contributed by atoms with Gasteiger partial charge >= 0.3 is 0 Å². The van der Waals surface area contributed by atoms with Crippen LogP contribution in [0.15, 0.2) is 24.3 Å². The number of nitrogens with zero attached hydrogens (tertiary/aromatic N) is 2. The van der Waals surface area contributed by atoms with Gasteiger partial charge in [0.15, 0.2) is 0 Å². The summed E-state index contributed by atoms with van der Waals surface area (Å²) in [7, 11) is 1.97. The first kappa shape index (κ1) is 14.2. The van der Waals surface area contributed by atoms with Gasteiger partial charge in [-0.1, -0.05) is 42.5 Å². The lowest BCUT2D eigenvalue weighted by Gasteiger charge is -2.08. The fourth-order valence-electron chi connectivity index (χ4n) is 2.14. The molecule has 19 heavy (non-hydrogen) atoms. The Morgan fingerprint density at radius 3 is 2.68 bits per heavy atom. The molecule has 4 heteroatoms. The largest absolute Gasteiger partial charge is 0.311 e. The zero-order valence-electron chi connectivity index (χ0n) is 11.8. The molecule has 0 aliphatic rings. The summed E-state index contributed by atoms with van der Waals surface area (Å²) in [6.45, 7) is 4.32. The van der Waals surface area contributed by atoms with Gasteiger partial charge < -0.3 is 5.32 Å². The Bertz CT molecular complexity index is 518. The highest BCUT2D eigenvalue weighted by Crippen LogP contribution is 2.21. The Hall–Kier alpha value is -1.26. The Labute approximate surface area is 119 Å². The molecule has 1 atom stereocenters. The summed E-state index contributed by atoms with van der Waals surface area (Å²) in [5.74, 6) is 0. The zero-order chi connectivity index (χ0) is 13.7. The molecule has 0 saturated carbocycles. The van der Waals surface area contributed by atoms with Crippen LogP contribution in [-0.2, 0) is 12.8 Å². The number of hydrogen-bond donors (Lipinski definition) is 1. The van der Waals surface area contributed by atoms with E-state index in [0.717, 1.165) is 29.3 Å². The maximum Gasteiger partial charge on any atom is 0.134 e. The van der Waals surface area contributed by atoms with Gasteiger partial charge in [0, 0.05) is 6.42 Å². The Morgan fingerprint density at radius 2 is 2.00 bits per heavy atom. The fourth-order valence-corrected chi connectivity index (χ4v) is 3.18. The van der Waals surface area contributed by atoms with Crippen LogP contribution in [0.3, 0.4) is 0 Å². The Kier molecular flexibility index (Phi) is 5.05. The lowest BCUT2D eigenvalue weighted by molar-refractivity contribution is 0.568. The van der Waals surface area contributed by atoms with E-state index in [1.54, 1.807) is 11.3 Å². The van der Waals surface area contributed by atoms with Crippen LogP contribution >= 0.6 is 11.3 Å². The zero-order valence-corrected chi connectivity index (χ0v) is 12.6. The highest BCUT2D eigenvalue weighted by Gasteiger charge is 2.12. The molecule has 0 radical (unpaired) electrons. The van der Waals surface area contributed by atoms with Crippen molar-refractivity contribution in [2.24, 2.45) is 0 Å². The molecule has 2 aromatic rings. The minimum absolute atomic E-state index is 0.338. The summed E-state index contributed by atoms with van der Waals surface area (Å²) < 4.78 is 0. The van der Waals surface area contributed by atoms with E-state index in [1.165, 1.54) is 11.1 Å². The SMILES string of the molecule is CCC(NC)c1nnc(CCc2ccccc2C)s1. The molecule has 0 amide bonds. The molecule has 0 saturated heterocycles. The number of hydrogen-bond acceptors (Lipinski definition) is 4. The maximum atomic E-state index is 4.31. The normalized spacial score (nSPS) is 12.6. The molecule has 1 aromatic carbocycles. The van der Waals surface area contributed by atoms with Gasteiger partial charge in [-0.05, 0) is 37.9 Å². The van der Waals surface area contributed by atoms with Crippen molar-refractivity contribution in [3.63, 3.8) is 0 Å². The van der Waals surface area contributed by atoms with Crippen molar-refractivity contribution in [3.05, 3.63) is 45.4 Å². The van der Waals surface area contributed by atoms with Crippen molar-refractivity contribution in [2.45, 2.75) is 39.2 Å². The molecule has 0 fully saturated rings. The van der Waals surface area contributed by atoms with Crippen LogP contribution in [0.25, 0.3) is 0 Å². The molecule has 2 rings (SSSR count). The van der Waals surface area contributed by atoms with Gasteiger partial charge in [-0.3, -0.25) is 0 Å². The van der Waals surface area contributed by atoms with Crippen LogP contribution < -0.4 is 5.32 Å². The predicted octanol–water partition coefficient (Wildman–Crippen LogP) is 3.30. The first-order valence-electron chi connectivity index (χ1n) is 6.78. The van der Waals surface area contributed by atoms with Gasteiger partial charge in [0.25, 0.3) is 0 Å². The van der Waals surface area contributed by atoms with E-state index in [2.05, 4.69) is 53.6 Å². The predicted molar refractivity (Wildman–Crippen MR) is 80.6 cm³/mol. The third-order valence-electron chi connectivity index (χ3n) is 3.41. The van der Waals surface area contributed by atoms with E-state index in [1.807, 2.05) is 7.05 Å². The molecule has 1 heterocycles. The first-order chi connectivity index (χ1) is 9.24. The van der Waals surface area contributed by atoms with Crippen LogP contribution in [-0.4, -0.2) is 17.2 Å². The lowest BCUT2D eigenvalue weighted by Crippen LogP contribution is -2.14. The fraction of sp³-hybridized carbons (Fsp3) is 0.467. The van der Waals surface area contributed by atoms with Crippen molar-refractivity contribution in [1.29, 1.82) is 0 Å². The molecule has 1 unspecified atom stereocenters. The molecule has 1 aromatic heterocycles. The second-order valence-corrected chi connectivity index (χ2v) is 5.80. The van der Waals surface area contributed by atoms with E-state index in [-0.39, 0.29) is 0 Å². The topological polar surface area (TPSA) is 37.8 Å². The average Bonchev–Trinajstić information content (AvgIpc) is 2.88. The van der Waals surface area contributed by atoms with Gasteiger partial charge in [0.2, 0.25) is 0 Å². The maximum absolute atomic E-state index is 4.31. The van der Waals surface area contributed by atoms with Crippen LogP contribution in [0.1, 0.15) is 40.5 Å². The summed E-state index contributed by atoms with van der Waals surface area (Å²) in [5, 5.41) is 14.1. The molecule has 0 aliphatic carbocycles. The smallest absolute Gasteiger partial charge is 0.134 e. The molecule has 0 aliphatic heterocycles. The molecule has 102 valence electrons. The first-order valence-corrected chi connectivity index (χ1v) is 7.60. The summed E-state index contributed by atoms with van der Waals surface area (Å²) in [6, 6.07) is 8.88. The molecule has 3 nitrogen and oxygen atoms in total. The highest BCUT2D eigenvalue weighted by molar-refractivity contribution is 7.11. The monoisotopic (exact) mass is 275 g/mol. The van der Waals surface area contributed by atoms with E-state index < -0.39 is 0 Å². The van der Waals surface area contributed by atoms with E-state index in [4.69, 9.17) is 0 Å². The van der Waals surface area contributed by atoms with Crippen molar-refractivity contribution in [1.82, 2.24) is 15.5 Å². The second kappa shape index (κ2) is 6.78. The number of nitrogens with one attached hydrogen (secondary N) is 1. The van der Waals surface area contributed by atoms with Crippen molar-refractivity contribution >= 4 is 11.3 Å². The molecule has 0 spiro atoms. The Balaban J connectivity index is 1.99. The van der Waals surface area contributed by atoms with Crippen molar-refractivity contribution in [3.8, 4) is 0 Å². The summed E-state index contributed by atoms with van der Waals surface area (Å²) in [4.78, 5) is 0. The molecular formula is C15H21N3S. The van der Waals surface area contributed by atoms with Gasteiger partial charge in [-0.2, -0.15) is 0 Å². The standard InChI is InChI=1S/C15H21N3S/c1-4-13(16-3)15-18-17-14(19-15)10-9-12-8-6-5-7-11(12)2/h5-8,13,16H,4,9-10H2,1-3H3. The quantitative estimate of drug-likeness (QED) is 0.879. The van der Waals surface area contributed by atoms with Crippen LogP contribution in [0.5, 0.6) is 0 Å². The van der Waals surface area contributed by atoms with E-state index in [0.29, 0.717) is 6.04 Å². The van der Waals surface area contributed by atoms with Crippen LogP contribution in [0.2, 0.25) is 0 Å². The summed E-state index contributed by atoms with van der Waals surface area (Å²) in [6.07, 6.45) is 3.06. The second-order valence-electron chi connectivity index (χ2n) is 4.71. The molecule has 1 N–H and O–H groups in total. The van der Waals surface area contributed by atoms with E-state index >= 15 is 0 Å². The average molecular weight is 275 g/mol. The number of aromatic nitrogens is 2. The van der Waals surface area contributed by atoms with E-state index in [9.17, 15) is 0 Å². The highest BCUT2D eigenvalue weighted by atomic mass is 32.1. The minimum Gasteiger partial charge on any atom is -0.311 e. The summed E-state index contributed by atoms with van der Waals surface area (Å²) in [5.41, 5.74) is 2.76. The number of aryl methyl sites for hydroxylation is 3. The number of benzene rings is 1. The van der Waals surface area contributed by atoms with Crippen LogP contribution in [0, 0.1) is 6.92 Å². The van der Waals surface area contributed by atoms with Gasteiger partial charge in [0.1, 0.15) is 10.0 Å². The van der Waals surface area contributed by atoms with Crippen LogP contribution in [0.4, 0.5) is 0 Å². The molecular weight excluding hydrogens is 254 g/mol. The third kappa shape index (κ3) is 3.61. The van der Waals surface area contributed by atoms with Gasteiger partial charge in [-0.25, -0.2) is 0 Å². The van der Waals surface area contributed by atoms with Gasteiger partial charge in [0.05, 0.1) is 6.04 Å². The van der Waals surface area contributed by atoms with Gasteiger partial charge in [-0.15, -0.1) is 10.2 Å². The summed E-state index contributed by atoms with van der Waals surface area (Å²) >= 11 is 1.73. The van der Waals surface area contributed by atoms with Crippen molar-refractivity contribution < 1.29 is 0 Å².